The number of carbonyl (C=O) groups excluding carboxylic acids is 2. The van der Waals surface area contributed by atoms with Gasteiger partial charge in [0.05, 0.1) is 17.4 Å². The van der Waals surface area contributed by atoms with E-state index in [2.05, 4.69) is 20.9 Å². The molecule has 0 saturated heterocycles. The predicted molar refractivity (Wildman–Crippen MR) is 83.2 cm³/mol. The van der Waals surface area contributed by atoms with Gasteiger partial charge in [-0.3, -0.25) is 14.6 Å². The van der Waals surface area contributed by atoms with E-state index < -0.39 is 6.04 Å². The third-order valence-corrected chi connectivity index (χ3v) is 2.80. The second kappa shape index (κ2) is 8.24. The molecule has 0 aliphatic heterocycles. The minimum atomic E-state index is -0.591. The minimum Gasteiger partial charge on any atom is -0.383 e. The smallest absolute Gasteiger partial charge is 0.254 e. The summed E-state index contributed by atoms with van der Waals surface area (Å²) in [5.74, 6) is -0.488. The number of pyridine rings is 1. The molecular formula is C15H24N4O2. The molecule has 1 heterocycles. The standard InChI is InChI=1S/C15H24N4O2/c1-5-7-17-13-9-16-8-6-12(13)15(21)19-11(4)14(20)18-10(2)3/h6,8-11,17H,5,7H2,1-4H3,(H,18,20)(H,19,21). The maximum atomic E-state index is 12.3. The van der Waals surface area contributed by atoms with Gasteiger partial charge >= 0.3 is 0 Å². The summed E-state index contributed by atoms with van der Waals surface area (Å²) in [6.45, 7) is 8.22. The van der Waals surface area contributed by atoms with Crippen molar-refractivity contribution in [2.75, 3.05) is 11.9 Å². The van der Waals surface area contributed by atoms with Crippen LogP contribution in [0.3, 0.4) is 0 Å². The van der Waals surface area contributed by atoms with E-state index in [1.54, 1.807) is 25.4 Å². The van der Waals surface area contributed by atoms with Crippen molar-refractivity contribution in [3.63, 3.8) is 0 Å². The van der Waals surface area contributed by atoms with E-state index in [0.29, 0.717) is 11.3 Å². The number of hydrogen-bond donors (Lipinski definition) is 3. The van der Waals surface area contributed by atoms with E-state index in [1.807, 2.05) is 20.8 Å². The van der Waals surface area contributed by atoms with Crippen molar-refractivity contribution >= 4 is 17.5 Å². The zero-order chi connectivity index (χ0) is 15.8. The lowest BCUT2D eigenvalue weighted by molar-refractivity contribution is -0.123. The van der Waals surface area contributed by atoms with Gasteiger partial charge in [0.2, 0.25) is 5.91 Å². The van der Waals surface area contributed by atoms with E-state index >= 15 is 0 Å². The van der Waals surface area contributed by atoms with E-state index in [1.165, 1.54) is 0 Å². The van der Waals surface area contributed by atoms with Crippen LogP contribution in [0.5, 0.6) is 0 Å². The van der Waals surface area contributed by atoms with Crippen LogP contribution in [0, 0.1) is 0 Å². The van der Waals surface area contributed by atoms with Crippen molar-refractivity contribution in [3.05, 3.63) is 24.0 Å². The Bertz CT molecular complexity index is 488. The van der Waals surface area contributed by atoms with Gasteiger partial charge in [0, 0.05) is 18.8 Å². The predicted octanol–water partition coefficient (Wildman–Crippen LogP) is 1.55. The van der Waals surface area contributed by atoms with Gasteiger partial charge in [-0.25, -0.2) is 0 Å². The zero-order valence-electron chi connectivity index (χ0n) is 13.1. The first-order valence-corrected chi connectivity index (χ1v) is 7.24. The number of amides is 2. The van der Waals surface area contributed by atoms with Gasteiger partial charge in [0.1, 0.15) is 6.04 Å². The number of aromatic nitrogens is 1. The molecule has 0 aliphatic rings. The average molecular weight is 292 g/mol. The van der Waals surface area contributed by atoms with Crippen molar-refractivity contribution in [2.24, 2.45) is 0 Å². The normalized spacial score (nSPS) is 11.9. The summed E-state index contributed by atoms with van der Waals surface area (Å²) in [6, 6.07) is 1.09. The summed E-state index contributed by atoms with van der Waals surface area (Å²) in [5.41, 5.74) is 1.16. The molecule has 0 saturated carbocycles. The Morgan fingerprint density at radius 2 is 1.95 bits per heavy atom. The van der Waals surface area contributed by atoms with Crippen LogP contribution in [-0.2, 0) is 4.79 Å². The fourth-order valence-electron chi connectivity index (χ4n) is 1.74. The van der Waals surface area contributed by atoms with E-state index in [4.69, 9.17) is 0 Å². The fourth-order valence-corrected chi connectivity index (χ4v) is 1.74. The number of rotatable bonds is 7. The summed E-state index contributed by atoms with van der Waals surface area (Å²) < 4.78 is 0. The molecule has 0 aromatic carbocycles. The molecule has 0 radical (unpaired) electrons. The average Bonchev–Trinajstić information content (AvgIpc) is 2.44. The lowest BCUT2D eigenvalue weighted by atomic mass is 10.2. The molecule has 0 aliphatic carbocycles. The number of hydrogen-bond acceptors (Lipinski definition) is 4. The first kappa shape index (κ1) is 16.9. The number of anilines is 1. The van der Waals surface area contributed by atoms with Crippen molar-refractivity contribution in [1.29, 1.82) is 0 Å². The first-order chi connectivity index (χ1) is 9.95. The SMILES string of the molecule is CCCNc1cnccc1C(=O)NC(C)C(=O)NC(C)C. The maximum Gasteiger partial charge on any atom is 0.254 e. The molecule has 3 N–H and O–H groups in total. The van der Waals surface area contributed by atoms with E-state index in [-0.39, 0.29) is 17.9 Å². The van der Waals surface area contributed by atoms with Gasteiger partial charge < -0.3 is 16.0 Å². The highest BCUT2D eigenvalue weighted by Crippen LogP contribution is 2.13. The molecular weight excluding hydrogens is 268 g/mol. The second-order valence-corrected chi connectivity index (χ2v) is 5.21. The summed E-state index contributed by atoms with van der Waals surface area (Å²) in [5, 5.41) is 8.62. The molecule has 0 spiro atoms. The monoisotopic (exact) mass is 292 g/mol. The topological polar surface area (TPSA) is 83.1 Å². The van der Waals surface area contributed by atoms with Gasteiger partial charge in [-0.15, -0.1) is 0 Å². The van der Waals surface area contributed by atoms with Crippen LogP contribution in [0.1, 0.15) is 44.5 Å². The van der Waals surface area contributed by atoms with Crippen LogP contribution in [0.2, 0.25) is 0 Å². The highest BCUT2D eigenvalue weighted by molar-refractivity contribution is 6.01. The quantitative estimate of drug-likeness (QED) is 0.712. The largest absolute Gasteiger partial charge is 0.383 e. The highest BCUT2D eigenvalue weighted by Gasteiger charge is 2.18. The van der Waals surface area contributed by atoms with E-state index in [9.17, 15) is 9.59 Å². The molecule has 1 aromatic heterocycles. The molecule has 6 nitrogen and oxygen atoms in total. The van der Waals surface area contributed by atoms with Crippen molar-refractivity contribution in [3.8, 4) is 0 Å². The highest BCUT2D eigenvalue weighted by atomic mass is 16.2. The van der Waals surface area contributed by atoms with Crippen LogP contribution < -0.4 is 16.0 Å². The molecule has 1 aromatic rings. The van der Waals surface area contributed by atoms with Gasteiger partial charge in [-0.2, -0.15) is 0 Å². The number of carbonyl (C=O) groups is 2. The molecule has 0 fully saturated rings. The van der Waals surface area contributed by atoms with Crippen molar-refractivity contribution < 1.29 is 9.59 Å². The Kier molecular flexibility index (Phi) is 6.65. The molecule has 1 atom stereocenters. The minimum absolute atomic E-state index is 0.0413. The van der Waals surface area contributed by atoms with Crippen LogP contribution in [0.4, 0.5) is 5.69 Å². The van der Waals surface area contributed by atoms with Gasteiger partial charge in [-0.05, 0) is 33.3 Å². The Balaban J connectivity index is 2.73. The lowest BCUT2D eigenvalue weighted by Crippen LogP contribution is -2.46. The number of nitrogens with zero attached hydrogens (tertiary/aromatic N) is 1. The zero-order valence-corrected chi connectivity index (χ0v) is 13.1. The van der Waals surface area contributed by atoms with Crippen LogP contribution in [0.25, 0.3) is 0 Å². The molecule has 0 bridgehead atoms. The summed E-state index contributed by atoms with van der Waals surface area (Å²) in [4.78, 5) is 28.1. The number of nitrogens with one attached hydrogen (secondary N) is 3. The van der Waals surface area contributed by atoms with Crippen LogP contribution in [0.15, 0.2) is 18.5 Å². The van der Waals surface area contributed by atoms with Crippen LogP contribution in [-0.4, -0.2) is 35.4 Å². The summed E-state index contributed by atoms with van der Waals surface area (Å²) in [6.07, 6.45) is 4.12. The fraction of sp³-hybridized carbons (Fsp3) is 0.533. The molecule has 116 valence electrons. The third-order valence-electron chi connectivity index (χ3n) is 2.80. The van der Waals surface area contributed by atoms with E-state index in [0.717, 1.165) is 13.0 Å². The molecule has 1 rings (SSSR count). The summed E-state index contributed by atoms with van der Waals surface area (Å²) >= 11 is 0. The van der Waals surface area contributed by atoms with Crippen molar-refractivity contribution in [2.45, 2.75) is 46.2 Å². The Hall–Kier alpha value is -2.11. The molecule has 1 unspecified atom stereocenters. The molecule has 2 amide bonds. The first-order valence-electron chi connectivity index (χ1n) is 7.24. The Morgan fingerprint density at radius 1 is 1.24 bits per heavy atom. The van der Waals surface area contributed by atoms with Crippen molar-refractivity contribution in [1.82, 2.24) is 15.6 Å². The second-order valence-electron chi connectivity index (χ2n) is 5.21. The van der Waals surface area contributed by atoms with Crippen LogP contribution >= 0.6 is 0 Å². The van der Waals surface area contributed by atoms with Gasteiger partial charge in [0.25, 0.3) is 5.91 Å². The lowest BCUT2D eigenvalue weighted by Gasteiger charge is -2.17. The Labute approximate surface area is 125 Å². The maximum absolute atomic E-state index is 12.3. The third kappa shape index (κ3) is 5.41. The molecule has 21 heavy (non-hydrogen) atoms. The van der Waals surface area contributed by atoms with Gasteiger partial charge in [-0.1, -0.05) is 6.92 Å². The van der Waals surface area contributed by atoms with Gasteiger partial charge in [0.15, 0.2) is 0 Å². The molecule has 6 heteroatoms. The summed E-state index contributed by atoms with van der Waals surface area (Å²) in [7, 11) is 0. The Morgan fingerprint density at radius 3 is 2.57 bits per heavy atom.